The van der Waals surface area contributed by atoms with Crippen LogP contribution in [-0.2, 0) is 9.59 Å². The maximum atomic E-state index is 13.7. The highest BCUT2D eigenvalue weighted by molar-refractivity contribution is 14.1. The fourth-order valence-electron chi connectivity index (χ4n) is 3.77. The number of ether oxygens (including phenoxy) is 2. The fourth-order valence-corrected chi connectivity index (χ4v) is 5.62. The molecule has 190 valence electrons. The first-order chi connectivity index (χ1) is 17.9. The summed E-state index contributed by atoms with van der Waals surface area (Å²) in [6.45, 7) is 4.02. The molecule has 4 rings (SSSR count). The molecule has 0 radical (unpaired) electrons. The van der Waals surface area contributed by atoms with Gasteiger partial charge in [0.2, 0.25) is 0 Å². The van der Waals surface area contributed by atoms with Gasteiger partial charge in [0.05, 0.1) is 26.8 Å². The zero-order chi connectivity index (χ0) is 26.4. The second-order valence-corrected chi connectivity index (χ2v) is 10.3. The number of hydrogen-bond acceptors (Lipinski definition) is 6. The monoisotopic (exact) mass is 627 g/mol. The van der Waals surface area contributed by atoms with E-state index in [0.29, 0.717) is 28.2 Å². The molecule has 0 bridgehead atoms. The molecule has 2 N–H and O–H groups in total. The van der Waals surface area contributed by atoms with E-state index in [1.165, 1.54) is 11.8 Å². The number of hydrogen-bond donors (Lipinski definition) is 1. The zero-order valence-corrected chi connectivity index (χ0v) is 23.4. The Morgan fingerprint density at radius 2 is 1.78 bits per heavy atom. The summed E-state index contributed by atoms with van der Waals surface area (Å²) in [7, 11) is 0. The Labute approximate surface area is 233 Å². The highest BCUT2D eigenvalue weighted by Crippen LogP contribution is 2.41. The highest BCUT2D eigenvalue weighted by atomic mass is 127. The molecule has 1 saturated heterocycles. The molecule has 0 aliphatic carbocycles. The summed E-state index contributed by atoms with van der Waals surface area (Å²) in [5, 5.41) is 0.611. The Kier molecular flexibility index (Phi) is 8.88. The molecule has 3 aromatic rings. The largest absolute Gasteiger partial charge is 0.490 e. The van der Waals surface area contributed by atoms with E-state index in [1.54, 1.807) is 11.0 Å². The van der Waals surface area contributed by atoms with Crippen molar-refractivity contribution in [3.05, 3.63) is 92.4 Å². The molecule has 1 aliphatic rings. The predicted octanol–water partition coefficient (Wildman–Crippen LogP) is 5.92. The van der Waals surface area contributed by atoms with Gasteiger partial charge in [0, 0.05) is 0 Å². The van der Waals surface area contributed by atoms with Crippen LogP contribution in [0.15, 0.2) is 82.7 Å². The number of rotatable bonds is 9. The van der Waals surface area contributed by atoms with E-state index in [1.807, 2.05) is 86.7 Å². The van der Waals surface area contributed by atoms with Crippen molar-refractivity contribution < 1.29 is 19.1 Å². The zero-order valence-electron chi connectivity index (χ0n) is 20.4. The van der Waals surface area contributed by atoms with Crippen LogP contribution in [0, 0.1) is 3.57 Å². The summed E-state index contributed by atoms with van der Waals surface area (Å²) < 4.78 is 12.1. The molecule has 0 spiro atoms. The first-order valence-corrected chi connectivity index (χ1v) is 13.6. The number of nitrogens with two attached hydrogens (primary N) is 1. The molecule has 1 atom stereocenters. The van der Waals surface area contributed by atoms with Gasteiger partial charge in [-0.1, -0.05) is 48.5 Å². The summed E-state index contributed by atoms with van der Waals surface area (Å²) in [4.78, 5) is 32.0. The van der Waals surface area contributed by atoms with Crippen LogP contribution in [0.25, 0.3) is 6.08 Å². The normalized spacial score (nSPS) is 16.3. The molecule has 3 aromatic carbocycles. The molecule has 0 aromatic heterocycles. The standard InChI is InChI=1S/C28H26IN3O4S/c1-3-35-23-15-19(14-22(29)26(23)36-17-25(30)33)16-24-27(34)32(18(2)20-10-6-4-7-11-20)28(37-24)31-21-12-8-5-9-13-21/h4-16,18H,3,17H2,1-2H3,(H2,30,33)/b24-16+,31-28?/t18-/m0/s1. The van der Waals surface area contributed by atoms with Gasteiger partial charge in [-0.25, -0.2) is 4.99 Å². The van der Waals surface area contributed by atoms with Gasteiger partial charge in [0.25, 0.3) is 11.8 Å². The van der Waals surface area contributed by atoms with E-state index in [2.05, 4.69) is 22.6 Å². The van der Waals surface area contributed by atoms with Crippen LogP contribution in [0.1, 0.15) is 31.0 Å². The number of primary amides is 1. The maximum absolute atomic E-state index is 13.7. The van der Waals surface area contributed by atoms with Gasteiger partial charge in [-0.3, -0.25) is 14.5 Å². The van der Waals surface area contributed by atoms with Gasteiger partial charge in [-0.2, -0.15) is 0 Å². The van der Waals surface area contributed by atoms with E-state index in [9.17, 15) is 9.59 Å². The molecule has 0 saturated carbocycles. The number of thioether (sulfide) groups is 1. The van der Waals surface area contributed by atoms with Crippen molar-refractivity contribution in [3.8, 4) is 11.5 Å². The van der Waals surface area contributed by atoms with Crippen molar-refractivity contribution >= 4 is 63.1 Å². The van der Waals surface area contributed by atoms with Gasteiger partial charge in [0.15, 0.2) is 23.3 Å². The minimum Gasteiger partial charge on any atom is -0.490 e. The van der Waals surface area contributed by atoms with Crippen LogP contribution in [0.5, 0.6) is 11.5 Å². The number of amides is 2. The Morgan fingerprint density at radius 3 is 2.43 bits per heavy atom. The van der Waals surface area contributed by atoms with Crippen LogP contribution >= 0.6 is 34.4 Å². The molecule has 37 heavy (non-hydrogen) atoms. The van der Waals surface area contributed by atoms with Crippen molar-refractivity contribution in [2.75, 3.05) is 13.2 Å². The van der Waals surface area contributed by atoms with Crippen molar-refractivity contribution in [2.24, 2.45) is 10.7 Å². The average molecular weight is 628 g/mol. The minimum atomic E-state index is -0.574. The fraction of sp³-hybridized carbons (Fsp3) is 0.179. The lowest BCUT2D eigenvalue weighted by molar-refractivity contribution is -0.123. The number of aliphatic imine (C=N–C) groups is 1. The van der Waals surface area contributed by atoms with Crippen LogP contribution in [0.3, 0.4) is 0 Å². The summed E-state index contributed by atoms with van der Waals surface area (Å²) in [6, 6.07) is 22.9. The topological polar surface area (TPSA) is 94.2 Å². The van der Waals surface area contributed by atoms with Gasteiger partial charge in [-0.05, 0) is 89.7 Å². The van der Waals surface area contributed by atoms with Gasteiger partial charge >= 0.3 is 0 Å². The number of nitrogens with zero attached hydrogens (tertiary/aromatic N) is 2. The van der Waals surface area contributed by atoms with Crippen molar-refractivity contribution in [2.45, 2.75) is 19.9 Å². The van der Waals surface area contributed by atoms with Crippen molar-refractivity contribution in [1.82, 2.24) is 4.90 Å². The van der Waals surface area contributed by atoms with E-state index in [0.717, 1.165) is 20.4 Å². The Morgan fingerprint density at radius 1 is 1.11 bits per heavy atom. The Bertz CT molecular complexity index is 1350. The van der Waals surface area contributed by atoms with Crippen molar-refractivity contribution in [3.63, 3.8) is 0 Å². The number of benzene rings is 3. The molecule has 1 fully saturated rings. The number of amidine groups is 1. The first kappa shape index (κ1) is 26.7. The molecule has 9 heteroatoms. The smallest absolute Gasteiger partial charge is 0.267 e. The van der Waals surface area contributed by atoms with Crippen LogP contribution in [0.2, 0.25) is 0 Å². The summed E-state index contributed by atoms with van der Waals surface area (Å²) in [5.74, 6) is 0.221. The van der Waals surface area contributed by atoms with Gasteiger partial charge in [0.1, 0.15) is 0 Å². The first-order valence-electron chi connectivity index (χ1n) is 11.7. The lowest BCUT2D eigenvalue weighted by atomic mass is 10.1. The highest BCUT2D eigenvalue weighted by Gasteiger charge is 2.37. The lowest BCUT2D eigenvalue weighted by Gasteiger charge is -2.24. The van der Waals surface area contributed by atoms with Gasteiger partial charge < -0.3 is 15.2 Å². The third-order valence-electron chi connectivity index (χ3n) is 5.48. The molecule has 7 nitrogen and oxygen atoms in total. The van der Waals surface area contributed by atoms with E-state index >= 15 is 0 Å². The lowest BCUT2D eigenvalue weighted by Crippen LogP contribution is -2.32. The quantitative estimate of drug-likeness (QED) is 0.235. The van der Waals surface area contributed by atoms with E-state index in [-0.39, 0.29) is 18.6 Å². The van der Waals surface area contributed by atoms with Crippen molar-refractivity contribution in [1.29, 1.82) is 0 Å². The number of carbonyl (C=O) groups excluding carboxylic acids is 2. The SMILES string of the molecule is CCOc1cc(/C=C2/SC(=Nc3ccccc3)N([C@@H](C)c3ccccc3)C2=O)cc(I)c1OCC(N)=O. The Hall–Kier alpha value is -3.31. The maximum Gasteiger partial charge on any atom is 0.267 e. The van der Waals surface area contributed by atoms with Gasteiger partial charge in [-0.15, -0.1) is 0 Å². The van der Waals surface area contributed by atoms with E-state index < -0.39 is 5.91 Å². The Balaban J connectivity index is 1.73. The predicted molar refractivity (Wildman–Crippen MR) is 156 cm³/mol. The molecule has 1 heterocycles. The number of para-hydroxylation sites is 1. The second-order valence-electron chi connectivity index (χ2n) is 8.12. The second kappa shape index (κ2) is 12.3. The van der Waals surface area contributed by atoms with Crippen LogP contribution < -0.4 is 15.2 Å². The third-order valence-corrected chi connectivity index (χ3v) is 7.26. The molecular formula is C28H26IN3O4S. The third kappa shape index (κ3) is 6.53. The number of carbonyl (C=O) groups is 2. The summed E-state index contributed by atoms with van der Waals surface area (Å²) >= 11 is 3.45. The molecular weight excluding hydrogens is 601 g/mol. The molecule has 0 unspecified atom stereocenters. The van der Waals surface area contributed by atoms with Crippen LogP contribution in [-0.4, -0.2) is 35.1 Å². The molecule has 1 aliphatic heterocycles. The average Bonchev–Trinajstić information content (AvgIpc) is 3.18. The molecule has 2 amide bonds. The van der Waals surface area contributed by atoms with E-state index in [4.69, 9.17) is 20.2 Å². The van der Waals surface area contributed by atoms with Crippen LogP contribution in [0.4, 0.5) is 5.69 Å². The summed E-state index contributed by atoms with van der Waals surface area (Å²) in [5.41, 5.74) is 7.80. The minimum absolute atomic E-state index is 0.127. The number of halogens is 1. The summed E-state index contributed by atoms with van der Waals surface area (Å²) in [6.07, 6.45) is 1.83.